The van der Waals surface area contributed by atoms with Gasteiger partial charge in [0, 0.05) is 24.5 Å². The van der Waals surface area contributed by atoms with E-state index < -0.39 is 0 Å². The molecule has 0 bridgehead atoms. The molecule has 0 spiro atoms. The average molecular weight is 275 g/mol. The minimum atomic E-state index is -0.0651. The van der Waals surface area contributed by atoms with Crippen LogP contribution in [0.1, 0.15) is 56.9 Å². The van der Waals surface area contributed by atoms with Crippen molar-refractivity contribution in [3.05, 3.63) is 24.0 Å². The lowest BCUT2D eigenvalue weighted by atomic mass is 9.73. The molecule has 110 valence electrons. The number of anilines is 1. The molecule has 4 nitrogen and oxygen atoms in total. The highest BCUT2D eigenvalue weighted by Crippen LogP contribution is 2.35. The molecule has 0 radical (unpaired) electrons. The lowest BCUT2D eigenvalue weighted by molar-refractivity contribution is 0.0848. The maximum atomic E-state index is 12.4. The van der Waals surface area contributed by atoms with Gasteiger partial charge in [0.15, 0.2) is 0 Å². The topological polar surface area (TPSA) is 54.0 Å². The number of rotatable bonds is 4. The fourth-order valence-corrected chi connectivity index (χ4v) is 2.86. The second kappa shape index (κ2) is 6.25. The average Bonchev–Trinajstić information content (AvgIpc) is 2.42. The number of carbonyl (C=O) groups is 1. The molecule has 1 atom stereocenters. The van der Waals surface area contributed by atoms with Gasteiger partial charge in [0.05, 0.1) is 0 Å². The van der Waals surface area contributed by atoms with Gasteiger partial charge >= 0.3 is 0 Å². The van der Waals surface area contributed by atoms with Gasteiger partial charge in [-0.1, -0.05) is 26.7 Å². The molecule has 4 heteroatoms. The molecular weight excluding hydrogens is 250 g/mol. The summed E-state index contributed by atoms with van der Waals surface area (Å²) < 4.78 is 0. The molecule has 1 saturated carbocycles. The minimum Gasteiger partial charge on any atom is -0.385 e. The third kappa shape index (κ3) is 3.50. The molecule has 1 heterocycles. The number of pyridine rings is 1. The lowest BCUT2D eigenvalue weighted by Gasteiger charge is -2.38. The highest BCUT2D eigenvalue weighted by Gasteiger charge is 2.33. The van der Waals surface area contributed by atoms with Crippen LogP contribution in [0.25, 0.3) is 0 Å². The van der Waals surface area contributed by atoms with E-state index in [-0.39, 0.29) is 17.4 Å². The van der Waals surface area contributed by atoms with E-state index in [1.54, 1.807) is 6.20 Å². The van der Waals surface area contributed by atoms with Gasteiger partial charge in [-0.15, -0.1) is 0 Å². The zero-order chi connectivity index (χ0) is 14.6. The predicted octanol–water partition coefficient (Wildman–Crippen LogP) is 3.21. The van der Waals surface area contributed by atoms with Crippen LogP contribution in [-0.2, 0) is 0 Å². The number of amides is 1. The van der Waals surface area contributed by atoms with E-state index in [0.717, 1.165) is 18.7 Å². The largest absolute Gasteiger partial charge is 0.385 e. The summed E-state index contributed by atoms with van der Waals surface area (Å²) in [6.45, 7) is 7.34. The van der Waals surface area contributed by atoms with E-state index >= 15 is 0 Å². The van der Waals surface area contributed by atoms with E-state index in [0.29, 0.717) is 5.69 Å². The normalized spacial score (nSPS) is 21.2. The van der Waals surface area contributed by atoms with Crippen molar-refractivity contribution in [3.63, 3.8) is 0 Å². The molecule has 1 aliphatic rings. The second-order valence-corrected chi connectivity index (χ2v) is 6.22. The Morgan fingerprint density at radius 2 is 2.25 bits per heavy atom. The molecule has 1 fully saturated rings. The van der Waals surface area contributed by atoms with Gasteiger partial charge < -0.3 is 10.6 Å². The van der Waals surface area contributed by atoms with Gasteiger partial charge in [0.1, 0.15) is 5.69 Å². The van der Waals surface area contributed by atoms with Crippen molar-refractivity contribution in [3.8, 4) is 0 Å². The molecule has 1 aliphatic carbocycles. The summed E-state index contributed by atoms with van der Waals surface area (Å²) >= 11 is 0. The van der Waals surface area contributed by atoms with Crippen LogP contribution in [0.5, 0.6) is 0 Å². The van der Waals surface area contributed by atoms with Crippen LogP contribution >= 0.6 is 0 Å². The first-order valence-corrected chi connectivity index (χ1v) is 7.54. The number of aromatic nitrogens is 1. The molecule has 1 aromatic heterocycles. The van der Waals surface area contributed by atoms with Gasteiger partial charge in [-0.05, 0) is 37.3 Å². The summed E-state index contributed by atoms with van der Waals surface area (Å²) in [6.07, 6.45) is 6.36. The van der Waals surface area contributed by atoms with Gasteiger partial charge in [-0.2, -0.15) is 0 Å². The van der Waals surface area contributed by atoms with Crippen LogP contribution in [0.2, 0.25) is 0 Å². The van der Waals surface area contributed by atoms with E-state index in [1.807, 2.05) is 19.1 Å². The van der Waals surface area contributed by atoms with Gasteiger partial charge in [-0.25, -0.2) is 0 Å². The molecule has 2 N–H and O–H groups in total. The number of nitrogens with zero attached hydrogens (tertiary/aromatic N) is 1. The van der Waals surface area contributed by atoms with E-state index in [1.165, 1.54) is 19.3 Å². The van der Waals surface area contributed by atoms with Crippen LogP contribution in [0.4, 0.5) is 5.69 Å². The third-order valence-electron chi connectivity index (χ3n) is 4.19. The second-order valence-electron chi connectivity index (χ2n) is 6.22. The first-order chi connectivity index (χ1) is 9.53. The van der Waals surface area contributed by atoms with E-state index in [4.69, 9.17) is 0 Å². The van der Waals surface area contributed by atoms with Crippen LogP contribution in [0.15, 0.2) is 18.3 Å². The molecule has 1 aromatic rings. The summed E-state index contributed by atoms with van der Waals surface area (Å²) in [7, 11) is 0. The molecule has 2 rings (SSSR count). The van der Waals surface area contributed by atoms with Crippen LogP contribution in [-0.4, -0.2) is 23.5 Å². The summed E-state index contributed by atoms with van der Waals surface area (Å²) in [5, 5.41) is 6.37. The molecule has 1 amide bonds. The van der Waals surface area contributed by atoms with Crippen molar-refractivity contribution >= 4 is 11.6 Å². The summed E-state index contributed by atoms with van der Waals surface area (Å²) in [5.41, 5.74) is 1.60. The first kappa shape index (κ1) is 14.8. The summed E-state index contributed by atoms with van der Waals surface area (Å²) in [5.74, 6) is -0.0651. The Labute approximate surface area is 121 Å². The number of hydrogen-bond donors (Lipinski definition) is 2. The SMILES string of the molecule is CCNc1ccnc(C(=O)NC2CCCCC2(C)C)c1. The van der Waals surface area contributed by atoms with Crippen molar-refractivity contribution in [1.82, 2.24) is 10.3 Å². The number of nitrogens with one attached hydrogen (secondary N) is 2. The van der Waals surface area contributed by atoms with Crippen LogP contribution in [0, 0.1) is 5.41 Å². The zero-order valence-electron chi connectivity index (χ0n) is 12.7. The molecule has 1 unspecified atom stereocenters. The monoisotopic (exact) mass is 275 g/mol. The molecule has 0 aliphatic heterocycles. The Morgan fingerprint density at radius 1 is 1.45 bits per heavy atom. The highest BCUT2D eigenvalue weighted by molar-refractivity contribution is 5.93. The Kier molecular flexibility index (Phi) is 4.63. The van der Waals surface area contributed by atoms with Gasteiger partial charge in [-0.3, -0.25) is 9.78 Å². The number of hydrogen-bond acceptors (Lipinski definition) is 3. The van der Waals surface area contributed by atoms with Gasteiger partial charge in [0.25, 0.3) is 5.91 Å². The Balaban J connectivity index is 2.05. The zero-order valence-corrected chi connectivity index (χ0v) is 12.7. The van der Waals surface area contributed by atoms with E-state index in [9.17, 15) is 4.79 Å². The third-order valence-corrected chi connectivity index (χ3v) is 4.19. The van der Waals surface area contributed by atoms with Crippen LogP contribution in [0.3, 0.4) is 0 Å². The van der Waals surface area contributed by atoms with Crippen LogP contribution < -0.4 is 10.6 Å². The van der Waals surface area contributed by atoms with Gasteiger partial charge in [0.2, 0.25) is 0 Å². The smallest absolute Gasteiger partial charge is 0.270 e. The maximum Gasteiger partial charge on any atom is 0.270 e. The fourth-order valence-electron chi connectivity index (χ4n) is 2.86. The minimum absolute atomic E-state index is 0.0651. The molecular formula is C16H25N3O. The first-order valence-electron chi connectivity index (χ1n) is 7.54. The standard InChI is InChI=1S/C16H25N3O/c1-4-17-12-8-10-18-13(11-12)15(20)19-14-7-5-6-9-16(14,2)3/h8,10-11,14H,4-7,9H2,1-3H3,(H,17,18)(H,19,20). The number of carbonyl (C=O) groups excluding carboxylic acids is 1. The van der Waals surface area contributed by atoms with Crippen molar-refractivity contribution in [1.29, 1.82) is 0 Å². The Bertz CT molecular complexity index is 471. The molecule has 0 saturated heterocycles. The quantitative estimate of drug-likeness (QED) is 0.887. The fraction of sp³-hybridized carbons (Fsp3) is 0.625. The van der Waals surface area contributed by atoms with Crippen molar-refractivity contribution in [2.24, 2.45) is 5.41 Å². The van der Waals surface area contributed by atoms with E-state index in [2.05, 4.69) is 29.5 Å². The van der Waals surface area contributed by atoms with Crippen molar-refractivity contribution < 1.29 is 4.79 Å². The highest BCUT2D eigenvalue weighted by atomic mass is 16.1. The lowest BCUT2D eigenvalue weighted by Crippen LogP contribution is -2.47. The van der Waals surface area contributed by atoms with Crippen molar-refractivity contribution in [2.75, 3.05) is 11.9 Å². The maximum absolute atomic E-state index is 12.4. The Hall–Kier alpha value is -1.58. The van der Waals surface area contributed by atoms with Crippen molar-refractivity contribution in [2.45, 2.75) is 52.5 Å². The summed E-state index contributed by atoms with van der Waals surface area (Å²) in [6, 6.07) is 3.94. The molecule has 20 heavy (non-hydrogen) atoms. The predicted molar refractivity (Wildman–Crippen MR) is 81.9 cm³/mol. The summed E-state index contributed by atoms with van der Waals surface area (Å²) in [4.78, 5) is 16.5. The molecule has 0 aromatic carbocycles. The Morgan fingerprint density at radius 3 is 2.95 bits per heavy atom.